The van der Waals surface area contributed by atoms with Crippen molar-refractivity contribution in [1.82, 2.24) is 9.55 Å². The topological polar surface area (TPSA) is 55.2 Å². The fraction of sp³-hybridized carbons (Fsp3) is 0.320. The summed E-state index contributed by atoms with van der Waals surface area (Å²) in [6.07, 6.45) is 10.1. The largest absolute Gasteiger partial charge is 0.315 e. The summed E-state index contributed by atoms with van der Waals surface area (Å²) in [4.78, 5) is 30.9. The molecule has 2 aromatic heterocycles. The predicted octanol–water partition coefficient (Wildman–Crippen LogP) is 4.05. The Kier molecular flexibility index (Phi) is 4.54. The maximum atomic E-state index is 12.6. The third-order valence-electron chi connectivity index (χ3n) is 6.51. The molecule has 1 atom stereocenters. The van der Waals surface area contributed by atoms with E-state index in [2.05, 4.69) is 17.1 Å². The van der Waals surface area contributed by atoms with Crippen LogP contribution in [0.4, 0.5) is 5.69 Å². The zero-order chi connectivity index (χ0) is 20.8. The minimum atomic E-state index is 0.0231. The Morgan fingerprint density at radius 1 is 1.03 bits per heavy atom. The minimum Gasteiger partial charge on any atom is -0.315 e. The average molecular weight is 399 g/mol. The molecule has 5 heteroatoms. The molecule has 0 saturated carbocycles. The molecule has 5 rings (SSSR count). The van der Waals surface area contributed by atoms with Crippen molar-refractivity contribution in [1.29, 1.82) is 0 Å². The van der Waals surface area contributed by atoms with Crippen LogP contribution >= 0.6 is 0 Å². The van der Waals surface area contributed by atoms with E-state index in [0.717, 1.165) is 53.6 Å². The number of fused-ring (bicyclic) bond motifs is 2. The van der Waals surface area contributed by atoms with Crippen molar-refractivity contribution in [2.45, 2.75) is 45.1 Å². The third-order valence-corrected chi connectivity index (χ3v) is 6.51. The first-order valence-corrected chi connectivity index (χ1v) is 10.6. The molecule has 1 amide bonds. The van der Waals surface area contributed by atoms with Crippen molar-refractivity contribution in [2.75, 3.05) is 11.9 Å². The summed E-state index contributed by atoms with van der Waals surface area (Å²) < 4.78 is 1.87. The number of rotatable bonds is 2. The van der Waals surface area contributed by atoms with Crippen molar-refractivity contribution in [2.24, 2.45) is 0 Å². The first kappa shape index (κ1) is 18.8. The standard InChI is InChI=1S/C25H25N3O2/c1-16-6-10-25(30)28(15-16)23-5-3-4-19-20(13-26-14-21(19)23)17-7-9-22-18(12-17)8-11-24(29)27(22)2/h6-7,9-10,12-15,23H,3-5,8,11H2,1-2H3/t23-/m1/s1. The Hall–Kier alpha value is -3.21. The van der Waals surface area contributed by atoms with Gasteiger partial charge in [-0.1, -0.05) is 12.1 Å². The van der Waals surface area contributed by atoms with Gasteiger partial charge in [-0.2, -0.15) is 0 Å². The summed E-state index contributed by atoms with van der Waals surface area (Å²) >= 11 is 0. The van der Waals surface area contributed by atoms with Crippen molar-refractivity contribution < 1.29 is 4.79 Å². The number of amides is 1. The Bertz CT molecular complexity index is 1210. The summed E-state index contributed by atoms with van der Waals surface area (Å²) in [5.74, 6) is 0.167. The lowest BCUT2D eigenvalue weighted by molar-refractivity contribution is -0.118. The summed E-state index contributed by atoms with van der Waals surface area (Å²) in [6.45, 7) is 2.02. The summed E-state index contributed by atoms with van der Waals surface area (Å²) in [5, 5.41) is 0. The molecular weight excluding hydrogens is 374 g/mol. The maximum absolute atomic E-state index is 12.6. The highest BCUT2D eigenvalue weighted by atomic mass is 16.2. The van der Waals surface area contributed by atoms with Crippen molar-refractivity contribution in [3.05, 3.63) is 81.5 Å². The van der Waals surface area contributed by atoms with Gasteiger partial charge in [0.25, 0.3) is 5.56 Å². The Labute approximate surface area is 176 Å². The van der Waals surface area contributed by atoms with E-state index in [1.54, 1.807) is 11.0 Å². The number of aryl methyl sites for hydroxylation is 2. The van der Waals surface area contributed by atoms with Crippen LogP contribution in [0.1, 0.15) is 47.6 Å². The molecule has 0 bridgehead atoms. The van der Waals surface area contributed by atoms with Gasteiger partial charge in [-0.3, -0.25) is 14.6 Å². The molecule has 30 heavy (non-hydrogen) atoms. The van der Waals surface area contributed by atoms with Gasteiger partial charge in [0.15, 0.2) is 0 Å². The SMILES string of the molecule is Cc1ccc(=O)n([C@@H]2CCCc3c(-c4ccc5c(c4)CCC(=O)N5C)cncc32)c1. The third kappa shape index (κ3) is 3.05. The molecule has 0 fully saturated rings. The summed E-state index contributed by atoms with van der Waals surface area (Å²) in [7, 11) is 1.84. The summed E-state index contributed by atoms with van der Waals surface area (Å²) in [5.41, 5.74) is 8.03. The molecular formula is C25H25N3O2. The number of hydrogen-bond acceptors (Lipinski definition) is 3. The average Bonchev–Trinajstić information content (AvgIpc) is 2.77. The van der Waals surface area contributed by atoms with E-state index in [9.17, 15) is 9.59 Å². The van der Waals surface area contributed by atoms with E-state index in [-0.39, 0.29) is 17.5 Å². The second kappa shape index (κ2) is 7.24. The molecule has 3 aromatic rings. The second-order valence-corrected chi connectivity index (χ2v) is 8.41. The summed E-state index contributed by atoms with van der Waals surface area (Å²) in [6, 6.07) is 9.89. The van der Waals surface area contributed by atoms with E-state index in [4.69, 9.17) is 0 Å². The van der Waals surface area contributed by atoms with Crippen molar-refractivity contribution in [3.8, 4) is 11.1 Å². The number of anilines is 1. The minimum absolute atomic E-state index is 0.0231. The van der Waals surface area contributed by atoms with Crippen LogP contribution < -0.4 is 10.5 Å². The normalized spacial score (nSPS) is 18.1. The van der Waals surface area contributed by atoms with E-state index >= 15 is 0 Å². The number of benzene rings is 1. The molecule has 0 radical (unpaired) electrons. The lowest BCUT2D eigenvalue weighted by Crippen LogP contribution is -2.31. The molecule has 1 aliphatic heterocycles. The van der Waals surface area contributed by atoms with Crippen molar-refractivity contribution >= 4 is 11.6 Å². The van der Waals surface area contributed by atoms with Gasteiger partial charge in [-0.15, -0.1) is 0 Å². The van der Waals surface area contributed by atoms with Gasteiger partial charge >= 0.3 is 0 Å². The van der Waals surface area contributed by atoms with E-state index < -0.39 is 0 Å². The van der Waals surface area contributed by atoms with E-state index in [1.165, 1.54) is 11.1 Å². The first-order valence-electron chi connectivity index (χ1n) is 10.6. The van der Waals surface area contributed by atoms with E-state index in [0.29, 0.717) is 6.42 Å². The number of aromatic nitrogens is 2. The van der Waals surface area contributed by atoms with Gasteiger partial charge in [0, 0.05) is 49.4 Å². The molecule has 5 nitrogen and oxygen atoms in total. The lowest BCUT2D eigenvalue weighted by atomic mass is 9.84. The molecule has 0 N–H and O–H groups in total. The Morgan fingerprint density at radius 2 is 1.90 bits per heavy atom. The van der Waals surface area contributed by atoms with E-state index in [1.807, 2.05) is 49.3 Å². The van der Waals surface area contributed by atoms with Crippen LogP contribution in [0, 0.1) is 6.92 Å². The van der Waals surface area contributed by atoms with Gasteiger partial charge < -0.3 is 9.47 Å². The highest BCUT2D eigenvalue weighted by Crippen LogP contribution is 2.39. The fourth-order valence-electron chi connectivity index (χ4n) is 4.92. The number of carbonyl (C=O) groups excluding carboxylic acids is 1. The number of hydrogen-bond donors (Lipinski definition) is 0. The molecule has 1 aliphatic carbocycles. The molecule has 0 unspecified atom stereocenters. The van der Waals surface area contributed by atoms with Gasteiger partial charge in [0.05, 0.1) is 6.04 Å². The second-order valence-electron chi connectivity index (χ2n) is 8.41. The fourth-order valence-corrected chi connectivity index (χ4v) is 4.92. The predicted molar refractivity (Wildman–Crippen MR) is 118 cm³/mol. The Balaban J connectivity index is 1.61. The number of pyridine rings is 2. The zero-order valence-electron chi connectivity index (χ0n) is 17.4. The zero-order valence-corrected chi connectivity index (χ0v) is 17.4. The Morgan fingerprint density at radius 3 is 2.77 bits per heavy atom. The van der Waals surface area contributed by atoms with Crippen molar-refractivity contribution in [3.63, 3.8) is 0 Å². The van der Waals surface area contributed by atoms with Crippen LogP contribution in [0.15, 0.2) is 53.7 Å². The monoisotopic (exact) mass is 399 g/mol. The molecule has 152 valence electrons. The lowest BCUT2D eigenvalue weighted by Gasteiger charge is -2.29. The highest BCUT2D eigenvalue weighted by Gasteiger charge is 2.26. The number of nitrogens with zero attached hydrogens (tertiary/aromatic N) is 3. The molecule has 2 aliphatic rings. The molecule has 0 saturated heterocycles. The number of carbonyl (C=O) groups is 1. The van der Waals surface area contributed by atoms with Gasteiger partial charge in [-0.25, -0.2) is 0 Å². The van der Waals surface area contributed by atoms with Gasteiger partial charge in [-0.05, 0) is 72.6 Å². The van der Waals surface area contributed by atoms with Gasteiger partial charge in [0.2, 0.25) is 5.91 Å². The maximum Gasteiger partial charge on any atom is 0.251 e. The van der Waals surface area contributed by atoms with Crippen LogP contribution in [0.3, 0.4) is 0 Å². The quantitative estimate of drug-likeness (QED) is 0.653. The smallest absolute Gasteiger partial charge is 0.251 e. The van der Waals surface area contributed by atoms with Crippen LogP contribution in [0.2, 0.25) is 0 Å². The van der Waals surface area contributed by atoms with Crippen LogP contribution in [0.25, 0.3) is 11.1 Å². The van der Waals surface area contributed by atoms with Crippen LogP contribution in [-0.2, 0) is 17.6 Å². The first-order chi connectivity index (χ1) is 14.5. The molecule has 1 aromatic carbocycles. The van der Waals surface area contributed by atoms with Crippen LogP contribution in [-0.4, -0.2) is 22.5 Å². The molecule has 0 spiro atoms. The molecule has 3 heterocycles. The van der Waals surface area contributed by atoms with Crippen LogP contribution in [0.5, 0.6) is 0 Å². The highest BCUT2D eigenvalue weighted by molar-refractivity contribution is 5.96. The van der Waals surface area contributed by atoms with Gasteiger partial charge in [0.1, 0.15) is 0 Å².